The standard InChI is InChI=1S/C15H18F5N3O4S/c16-14(17,18)9-27-12-10(2-1-5-22-12)26-8-11-13(15(11,19)20)3-6-23(7-4-13)28(21,24)25/h1-2,5,11H,3-4,6-9H2,(H2,21,24,25). The quantitative estimate of drug-likeness (QED) is 0.695. The highest BCUT2D eigenvalue weighted by atomic mass is 32.2. The maximum atomic E-state index is 14.4. The van der Waals surface area contributed by atoms with Gasteiger partial charge in [0.25, 0.3) is 22.0 Å². The fourth-order valence-electron chi connectivity index (χ4n) is 3.59. The first-order chi connectivity index (χ1) is 12.9. The number of rotatable bonds is 6. The van der Waals surface area contributed by atoms with Gasteiger partial charge >= 0.3 is 6.18 Å². The van der Waals surface area contributed by atoms with Crippen LogP contribution in [-0.4, -0.2) is 56.1 Å². The number of nitrogens with zero attached hydrogens (tertiary/aromatic N) is 2. The molecule has 1 atom stereocenters. The Balaban J connectivity index is 1.63. The van der Waals surface area contributed by atoms with E-state index in [9.17, 15) is 30.4 Å². The van der Waals surface area contributed by atoms with Crippen LogP contribution in [0.1, 0.15) is 12.8 Å². The van der Waals surface area contributed by atoms with Gasteiger partial charge in [-0.3, -0.25) is 0 Å². The summed E-state index contributed by atoms with van der Waals surface area (Å²) in [7, 11) is -3.94. The van der Waals surface area contributed by atoms with Crippen molar-refractivity contribution in [2.75, 3.05) is 26.3 Å². The lowest BCUT2D eigenvalue weighted by Crippen LogP contribution is -2.44. The summed E-state index contributed by atoms with van der Waals surface area (Å²) < 4.78 is 99.2. The van der Waals surface area contributed by atoms with E-state index >= 15 is 0 Å². The minimum absolute atomic E-state index is 0.0884. The molecular formula is C15H18F5N3O4S. The Hall–Kier alpha value is -1.73. The molecule has 13 heteroatoms. The van der Waals surface area contributed by atoms with Crippen molar-refractivity contribution in [2.45, 2.75) is 24.9 Å². The minimum atomic E-state index is -4.58. The van der Waals surface area contributed by atoms with Crippen LogP contribution in [-0.2, 0) is 10.2 Å². The van der Waals surface area contributed by atoms with Crippen molar-refractivity contribution in [1.29, 1.82) is 0 Å². The molecule has 158 valence electrons. The van der Waals surface area contributed by atoms with Crippen LogP contribution in [0.4, 0.5) is 22.0 Å². The number of hydrogen-bond donors (Lipinski definition) is 1. The molecule has 1 saturated heterocycles. The SMILES string of the molecule is NS(=O)(=O)N1CCC2(CC1)C(COc1cccnc1OCC(F)(F)F)C2(F)F. The lowest BCUT2D eigenvalue weighted by Gasteiger charge is -2.30. The van der Waals surface area contributed by atoms with Gasteiger partial charge in [-0.05, 0) is 25.0 Å². The third-order valence-corrected chi connectivity index (χ3v) is 6.26. The fraction of sp³-hybridized carbons (Fsp3) is 0.667. The van der Waals surface area contributed by atoms with Gasteiger partial charge in [-0.25, -0.2) is 18.9 Å². The lowest BCUT2D eigenvalue weighted by molar-refractivity contribution is -0.154. The molecular weight excluding hydrogens is 413 g/mol. The first kappa shape index (κ1) is 21.0. The first-order valence-electron chi connectivity index (χ1n) is 8.30. The predicted octanol–water partition coefficient (Wildman–Crippen LogP) is 1.95. The van der Waals surface area contributed by atoms with Crippen molar-refractivity contribution in [1.82, 2.24) is 9.29 Å². The summed E-state index contributed by atoms with van der Waals surface area (Å²) in [6, 6.07) is 2.65. The van der Waals surface area contributed by atoms with Gasteiger partial charge in [-0.15, -0.1) is 0 Å². The third kappa shape index (κ3) is 4.01. The van der Waals surface area contributed by atoms with E-state index in [2.05, 4.69) is 9.72 Å². The first-order valence-corrected chi connectivity index (χ1v) is 9.80. The number of ether oxygens (including phenoxy) is 2. The predicted molar refractivity (Wildman–Crippen MR) is 86.1 cm³/mol. The summed E-state index contributed by atoms with van der Waals surface area (Å²) in [5.74, 6) is -4.89. The maximum absolute atomic E-state index is 14.4. The molecule has 1 aromatic heterocycles. The van der Waals surface area contributed by atoms with Crippen LogP contribution in [0.15, 0.2) is 18.3 Å². The normalized spacial score (nSPS) is 24.1. The van der Waals surface area contributed by atoms with Crippen LogP contribution in [0.2, 0.25) is 0 Å². The zero-order valence-corrected chi connectivity index (χ0v) is 15.3. The van der Waals surface area contributed by atoms with Crippen molar-refractivity contribution in [3.8, 4) is 11.6 Å². The lowest BCUT2D eigenvalue weighted by atomic mass is 9.91. The fourth-order valence-corrected chi connectivity index (χ4v) is 4.29. The van der Waals surface area contributed by atoms with Gasteiger partial charge < -0.3 is 9.47 Å². The van der Waals surface area contributed by atoms with Crippen LogP contribution in [0, 0.1) is 11.3 Å². The van der Waals surface area contributed by atoms with Crippen LogP contribution < -0.4 is 14.6 Å². The van der Waals surface area contributed by atoms with Crippen LogP contribution in [0.25, 0.3) is 0 Å². The van der Waals surface area contributed by atoms with E-state index in [4.69, 9.17) is 9.88 Å². The van der Waals surface area contributed by atoms with E-state index in [1.165, 1.54) is 18.3 Å². The van der Waals surface area contributed by atoms with Gasteiger partial charge in [0.15, 0.2) is 12.4 Å². The zero-order valence-electron chi connectivity index (χ0n) is 14.5. The van der Waals surface area contributed by atoms with E-state index in [1.807, 2.05) is 0 Å². The molecule has 2 heterocycles. The molecule has 7 nitrogen and oxygen atoms in total. The van der Waals surface area contributed by atoms with Gasteiger partial charge in [0, 0.05) is 24.7 Å². The number of piperidine rings is 1. The number of hydrogen-bond acceptors (Lipinski definition) is 5. The summed E-state index contributed by atoms with van der Waals surface area (Å²) in [4.78, 5) is 3.64. The molecule has 1 saturated carbocycles. The van der Waals surface area contributed by atoms with E-state index < -0.39 is 52.7 Å². The van der Waals surface area contributed by atoms with E-state index in [1.54, 1.807) is 0 Å². The monoisotopic (exact) mass is 431 g/mol. The molecule has 2 N–H and O–H groups in total. The highest BCUT2D eigenvalue weighted by Gasteiger charge is 2.80. The molecule has 1 aliphatic heterocycles. The van der Waals surface area contributed by atoms with Crippen LogP contribution in [0.3, 0.4) is 0 Å². The summed E-state index contributed by atoms with van der Waals surface area (Å²) in [5.41, 5.74) is -1.41. The van der Waals surface area contributed by atoms with Gasteiger partial charge in [0.1, 0.15) is 0 Å². The molecule has 2 fully saturated rings. The molecule has 0 amide bonds. The Kier molecular flexibility index (Phi) is 5.21. The summed E-state index contributed by atoms with van der Waals surface area (Å²) in [6.07, 6.45) is -3.57. The Morgan fingerprint density at radius 3 is 2.46 bits per heavy atom. The number of aromatic nitrogens is 1. The van der Waals surface area contributed by atoms with Crippen LogP contribution >= 0.6 is 0 Å². The second-order valence-electron chi connectivity index (χ2n) is 6.80. The number of halogens is 5. The molecule has 1 aromatic rings. The summed E-state index contributed by atoms with van der Waals surface area (Å²) >= 11 is 0. The van der Waals surface area contributed by atoms with Crippen LogP contribution in [0.5, 0.6) is 11.6 Å². The minimum Gasteiger partial charge on any atom is -0.487 e. The molecule has 0 bridgehead atoms. The summed E-state index contributed by atoms with van der Waals surface area (Å²) in [6.45, 7) is -2.31. The van der Waals surface area contributed by atoms with Gasteiger partial charge in [-0.1, -0.05) is 0 Å². The van der Waals surface area contributed by atoms with Gasteiger partial charge in [0.05, 0.1) is 12.5 Å². The Bertz CT molecular complexity index is 825. The van der Waals surface area contributed by atoms with Crippen molar-refractivity contribution >= 4 is 10.2 Å². The summed E-state index contributed by atoms with van der Waals surface area (Å²) in [5, 5.41) is 5.02. The van der Waals surface area contributed by atoms with E-state index in [0.717, 1.165) is 4.31 Å². The largest absolute Gasteiger partial charge is 0.487 e. The Morgan fingerprint density at radius 1 is 1.25 bits per heavy atom. The van der Waals surface area contributed by atoms with Gasteiger partial charge in [0.2, 0.25) is 0 Å². The van der Waals surface area contributed by atoms with E-state index in [0.29, 0.717) is 0 Å². The average Bonchev–Trinajstić information content (AvgIpc) is 3.03. The molecule has 3 rings (SSSR count). The average molecular weight is 431 g/mol. The Labute approximate surface area is 157 Å². The van der Waals surface area contributed by atoms with Crippen molar-refractivity contribution < 1.29 is 39.8 Å². The Morgan fingerprint density at radius 2 is 1.89 bits per heavy atom. The maximum Gasteiger partial charge on any atom is 0.422 e. The molecule has 28 heavy (non-hydrogen) atoms. The van der Waals surface area contributed by atoms with Crippen molar-refractivity contribution in [2.24, 2.45) is 16.5 Å². The van der Waals surface area contributed by atoms with Gasteiger partial charge in [-0.2, -0.15) is 25.9 Å². The molecule has 1 unspecified atom stereocenters. The van der Waals surface area contributed by atoms with Crippen molar-refractivity contribution in [3.05, 3.63) is 18.3 Å². The molecule has 0 radical (unpaired) electrons. The molecule has 1 aliphatic carbocycles. The second kappa shape index (κ2) is 6.95. The highest BCUT2D eigenvalue weighted by molar-refractivity contribution is 7.86. The van der Waals surface area contributed by atoms with Crippen molar-refractivity contribution in [3.63, 3.8) is 0 Å². The number of alkyl halides is 5. The number of pyridine rings is 1. The van der Waals surface area contributed by atoms with E-state index in [-0.39, 0.29) is 31.7 Å². The molecule has 2 aliphatic rings. The topological polar surface area (TPSA) is 94.8 Å². The third-order valence-electron chi connectivity index (χ3n) is 5.17. The smallest absolute Gasteiger partial charge is 0.422 e. The molecule has 1 spiro atoms. The number of nitrogens with two attached hydrogens (primary N) is 1. The highest BCUT2D eigenvalue weighted by Crippen LogP contribution is 2.70. The molecule has 0 aromatic carbocycles. The second-order valence-corrected chi connectivity index (χ2v) is 8.34. The zero-order chi connectivity index (χ0) is 20.8.